The first-order valence-corrected chi connectivity index (χ1v) is 8.72. The van der Waals surface area contributed by atoms with Gasteiger partial charge in [0.2, 0.25) is 0 Å². The van der Waals surface area contributed by atoms with Crippen LogP contribution < -0.4 is 14.8 Å². The van der Waals surface area contributed by atoms with Crippen LogP contribution >= 0.6 is 11.6 Å². The number of nitrogens with one attached hydrogen (secondary N) is 1. The molecule has 0 bridgehead atoms. The number of hydrogen-bond donors (Lipinski definition) is 1. The number of rotatable bonds is 6. The van der Waals surface area contributed by atoms with E-state index in [1.54, 1.807) is 56.1 Å². The van der Waals surface area contributed by atoms with Gasteiger partial charge in [-0.1, -0.05) is 29.8 Å². The van der Waals surface area contributed by atoms with Crippen LogP contribution in [0.3, 0.4) is 0 Å². The van der Waals surface area contributed by atoms with Crippen LogP contribution in [0.25, 0.3) is 5.69 Å². The summed E-state index contributed by atoms with van der Waals surface area (Å²) in [6, 6.07) is 16.6. The first-order valence-electron chi connectivity index (χ1n) is 8.34. The lowest BCUT2D eigenvalue weighted by Crippen LogP contribution is -2.42. The Labute approximate surface area is 162 Å². The van der Waals surface area contributed by atoms with E-state index in [1.807, 2.05) is 30.3 Å². The van der Waals surface area contributed by atoms with Gasteiger partial charge in [0.05, 0.1) is 19.0 Å². The average Bonchev–Trinajstić information content (AvgIpc) is 3.03. The van der Waals surface area contributed by atoms with Gasteiger partial charge >= 0.3 is 0 Å². The molecule has 0 unspecified atom stereocenters. The van der Waals surface area contributed by atoms with Gasteiger partial charge in [-0.2, -0.15) is 0 Å². The van der Waals surface area contributed by atoms with Crippen molar-refractivity contribution < 1.29 is 14.3 Å². The summed E-state index contributed by atoms with van der Waals surface area (Å²) < 4.78 is 12.5. The number of ether oxygens (including phenoxy) is 2. The molecule has 7 heteroatoms. The van der Waals surface area contributed by atoms with Crippen LogP contribution in [0.4, 0.5) is 5.69 Å². The molecule has 6 nitrogen and oxygen atoms in total. The van der Waals surface area contributed by atoms with E-state index >= 15 is 0 Å². The number of amides is 1. The van der Waals surface area contributed by atoms with Crippen LogP contribution in [0.5, 0.6) is 11.6 Å². The molecular weight excluding hydrogens is 366 g/mol. The summed E-state index contributed by atoms with van der Waals surface area (Å²) in [5.41, 5.74) is 0.299. The van der Waals surface area contributed by atoms with Crippen molar-refractivity contribution in [3.8, 4) is 17.3 Å². The Balaban J connectivity index is 1.73. The fourth-order valence-electron chi connectivity index (χ4n) is 2.36. The third-order valence-corrected chi connectivity index (χ3v) is 4.17. The van der Waals surface area contributed by atoms with Crippen LogP contribution in [-0.2, 0) is 4.79 Å². The normalized spacial score (nSPS) is 11.1. The minimum atomic E-state index is -1.18. The second-order valence-corrected chi connectivity index (χ2v) is 6.76. The highest BCUT2D eigenvalue weighted by atomic mass is 35.5. The number of carbonyl (C=O) groups excluding carboxylic acids is 1. The Hall–Kier alpha value is -2.99. The second-order valence-electron chi connectivity index (χ2n) is 6.36. The molecule has 0 saturated carbocycles. The summed E-state index contributed by atoms with van der Waals surface area (Å²) in [6.07, 6.45) is 1.64. The molecule has 0 saturated heterocycles. The summed E-state index contributed by atoms with van der Waals surface area (Å²) in [6.45, 7) is 3.31. The Morgan fingerprint density at radius 1 is 1.11 bits per heavy atom. The van der Waals surface area contributed by atoms with Gasteiger partial charge in [0.25, 0.3) is 11.8 Å². The van der Waals surface area contributed by atoms with Crippen molar-refractivity contribution >= 4 is 23.2 Å². The molecular formula is C20H20ClN3O3. The molecule has 0 radical (unpaired) electrons. The van der Waals surface area contributed by atoms with Crippen molar-refractivity contribution in [1.29, 1.82) is 0 Å². The molecule has 1 aromatic heterocycles. The van der Waals surface area contributed by atoms with E-state index in [2.05, 4.69) is 10.4 Å². The largest absolute Gasteiger partial charge is 0.497 e. The van der Waals surface area contributed by atoms with Crippen LogP contribution in [0.15, 0.2) is 60.8 Å². The van der Waals surface area contributed by atoms with E-state index in [9.17, 15) is 4.79 Å². The number of halogens is 1. The van der Waals surface area contributed by atoms with Gasteiger partial charge in [-0.15, -0.1) is 5.10 Å². The number of methoxy groups -OCH3 is 1. The molecule has 140 valence electrons. The summed E-state index contributed by atoms with van der Waals surface area (Å²) in [5.74, 6) is 0.579. The highest BCUT2D eigenvalue weighted by Crippen LogP contribution is 2.28. The van der Waals surface area contributed by atoms with Crippen molar-refractivity contribution in [3.63, 3.8) is 0 Å². The van der Waals surface area contributed by atoms with Crippen molar-refractivity contribution in [2.24, 2.45) is 0 Å². The lowest BCUT2D eigenvalue weighted by molar-refractivity contribution is -0.128. The zero-order valence-electron chi connectivity index (χ0n) is 15.3. The van der Waals surface area contributed by atoms with Crippen LogP contribution in [0.2, 0.25) is 5.02 Å². The van der Waals surface area contributed by atoms with Crippen molar-refractivity contribution in [2.45, 2.75) is 19.4 Å². The van der Waals surface area contributed by atoms with Crippen LogP contribution in [0.1, 0.15) is 13.8 Å². The topological polar surface area (TPSA) is 65.4 Å². The van der Waals surface area contributed by atoms with E-state index in [0.717, 1.165) is 5.69 Å². The van der Waals surface area contributed by atoms with Gasteiger partial charge in [0.1, 0.15) is 10.8 Å². The molecule has 0 aliphatic heterocycles. The molecule has 3 rings (SSSR count). The number of hydrogen-bond acceptors (Lipinski definition) is 4. The lowest BCUT2D eigenvalue weighted by Gasteiger charge is -2.24. The summed E-state index contributed by atoms with van der Waals surface area (Å²) in [7, 11) is 1.59. The first-order chi connectivity index (χ1) is 12.9. The van der Waals surface area contributed by atoms with Gasteiger partial charge in [0, 0.05) is 5.69 Å². The van der Waals surface area contributed by atoms with Gasteiger partial charge < -0.3 is 14.8 Å². The van der Waals surface area contributed by atoms with E-state index in [4.69, 9.17) is 21.1 Å². The highest BCUT2D eigenvalue weighted by Gasteiger charge is 2.32. The number of carbonyl (C=O) groups is 1. The Kier molecular flexibility index (Phi) is 5.37. The third kappa shape index (κ3) is 4.41. The predicted molar refractivity (Wildman–Crippen MR) is 105 cm³/mol. The molecule has 2 aromatic carbocycles. The minimum Gasteiger partial charge on any atom is -0.497 e. The Morgan fingerprint density at radius 2 is 1.78 bits per heavy atom. The number of benzene rings is 2. The third-order valence-electron chi connectivity index (χ3n) is 3.91. The molecule has 1 N–H and O–H groups in total. The number of anilines is 1. The zero-order chi connectivity index (χ0) is 19.4. The lowest BCUT2D eigenvalue weighted by atomic mass is 10.1. The van der Waals surface area contributed by atoms with Gasteiger partial charge in [0.15, 0.2) is 5.60 Å². The Bertz CT molecular complexity index is 921. The fourth-order valence-corrected chi connectivity index (χ4v) is 2.53. The van der Waals surface area contributed by atoms with Gasteiger partial charge in [-0.05, 0) is 50.2 Å². The summed E-state index contributed by atoms with van der Waals surface area (Å²) in [5, 5.41) is 7.48. The summed E-state index contributed by atoms with van der Waals surface area (Å²) >= 11 is 6.25. The quantitative estimate of drug-likeness (QED) is 0.685. The smallest absolute Gasteiger partial charge is 0.268 e. The zero-order valence-corrected chi connectivity index (χ0v) is 16.0. The molecule has 0 aliphatic rings. The maximum absolute atomic E-state index is 12.6. The van der Waals surface area contributed by atoms with E-state index in [-0.39, 0.29) is 11.8 Å². The van der Waals surface area contributed by atoms with E-state index in [0.29, 0.717) is 16.5 Å². The average molecular weight is 386 g/mol. The highest BCUT2D eigenvalue weighted by molar-refractivity contribution is 6.31. The minimum absolute atomic E-state index is 0.190. The van der Waals surface area contributed by atoms with E-state index in [1.165, 1.54) is 0 Å². The SMILES string of the molecule is COc1ccc(NC(=O)C(C)(C)Oc2nn(-c3ccccc3)cc2Cl)cc1. The van der Waals surface area contributed by atoms with Crippen LogP contribution in [-0.4, -0.2) is 28.4 Å². The summed E-state index contributed by atoms with van der Waals surface area (Å²) in [4.78, 5) is 12.6. The number of nitrogens with zero attached hydrogens (tertiary/aromatic N) is 2. The van der Waals surface area contributed by atoms with E-state index < -0.39 is 5.60 Å². The van der Waals surface area contributed by atoms with Gasteiger partial charge in [-0.3, -0.25) is 4.79 Å². The molecule has 1 amide bonds. The molecule has 27 heavy (non-hydrogen) atoms. The van der Waals surface area contributed by atoms with Gasteiger partial charge in [-0.25, -0.2) is 4.68 Å². The maximum atomic E-state index is 12.6. The number of para-hydroxylation sites is 1. The molecule has 1 heterocycles. The fraction of sp³-hybridized carbons (Fsp3) is 0.200. The molecule has 0 fully saturated rings. The maximum Gasteiger partial charge on any atom is 0.268 e. The number of aromatic nitrogens is 2. The first kappa shape index (κ1) is 18.8. The van der Waals surface area contributed by atoms with Crippen molar-refractivity contribution in [2.75, 3.05) is 12.4 Å². The molecule has 0 spiro atoms. The standard InChI is InChI=1S/C20H20ClN3O3/c1-20(2,19(25)22-14-9-11-16(26-3)12-10-14)27-18-17(21)13-24(23-18)15-7-5-4-6-8-15/h4-13H,1-3H3,(H,22,25). The predicted octanol–water partition coefficient (Wildman–Crippen LogP) is 4.33. The molecule has 0 aliphatic carbocycles. The molecule has 3 aromatic rings. The van der Waals surface area contributed by atoms with Crippen molar-refractivity contribution in [1.82, 2.24) is 9.78 Å². The monoisotopic (exact) mass is 385 g/mol. The molecule has 0 atom stereocenters. The Morgan fingerprint density at radius 3 is 2.41 bits per heavy atom. The van der Waals surface area contributed by atoms with Crippen LogP contribution in [0, 0.1) is 0 Å². The van der Waals surface area contributed by atoms with Crippen molar-refractivity contribution in [3.05, 3.63) is 65.8 Å². The second kappa shape index (κ2) is 7.72.